The number of halogens is 2. The summed E-state index contributed by atoms with van der Waals surface area (Å²) < 4.78 is 0. The van der Waals surface area contributed by atoms with Crippen LogP contribution in [-0.4, -0.2) is 23.0 Å². The van der Waals surface area contributed by atoms with Gasteiger partial charge in [0.25, 0.3) is 11.8 Å². The number of hydrogen-bond acceptors (Lipinski definition) is 3. The van der Waals surface area contributed by atoms with E-state index in [9.17, 15) is 9.59 Å². The molecule has 2 amide bonds. The summed E-state index contributed by atoms with van der Waals surface area (Å²) >= 11 is 11.9. The fraction of sp³-hybridized carbons (Fsp3) is 0.353. The van der Waals surface area contributed by atoms with Gasteiger partial charge in [0.05, 0.1) is 23.1 Å². The molecule has 2 fully saturated rings. The highest BCUT2D eigenvalue weighted by molar-refractivity contribution is 6.36. The first-order chi connectivity index (χ1) is 11.1. The third-order valence-electron chi connectivity index (χ3n) is 5.01. The molecule has 3 aliphatic carbocycles. The second-order valence-corrected chi connectivity index (χ2v) is 7.08. The van der Waals surface area contributed by atoms with E-state index in [4.69, 9.17) is 23.2 Å². The molecule has 0 unspecified atom stereocenters. The van der Waals surface area contributed by atoms with Crippen molar-refractivity contribution in [3.05, 3.63) is 46.0 Å². The Balaban J connectivity index is 1.62. The van der Waals surface area contributed by atoms with Gasteiger partial charge in [0.2, 0.25) is 0 Å². The average Bonchev–Trinajstić information content (AvgIpc) is 2.82. The summed E-state index contributed by atoms with van der Waals surface area (Å²) in [5.41, 5.74) is 0.618. The number of benzene rings is 1. The Hall–Kier alpha value is -1.65. The summed E-state index contributed by atoms with van der Waals surface area (Å²) in [7, 11) is 0. The van der Waals surface area contributed by atoms with E-state index in [1.807, 2.05) is 0 Å². The third kappa shape index (κ3) is 2.32. The van der Waals surface area contributed by atoms with Crippen molar-refractivity contribution in [3.63, 3.8) is 0 Å². The minimum absolute atomic E-state index is 0.167. The Morgan fingerprint density at radius 1 is 1.04 bits per heavy atom. The SMILES string of the molecule is O=C1[C@@H]2[C@@H](C(=O)N1/N=C\c1ccc(Cl)cc1Cl)[C@H]1C=C[C@H]2CC1. The largest absolute Gasteiger partial charge is 0.272 e. The average molecular weight is 349 g/mol. The maximum Gasteiger partial charge on any atom is 0.254 e. The lowest BCUT2D eigenvalue weighted by molar-refractivity contribution is -0.140. The molecule has 118 valence electrons. The van der Waals surface area contributed by atoms with Gasteiger partial charge >= 0.3 is 0 Å². The molecule has 6 heteroatoms. The van der Waals surface area contributed by atoms with Gasteiger partial charge in [-0.3, -0.25) is 9.59 Å². The van der Waals surface area contributed by atoms with Crippen molar-refractivity contribution in [1.82, 2.24) is 5.01 Å². The van der Waals surface area contributed by atoms with Gasteiger partial charge in [0.1, 0.15) is 0 Å². The van der Waals surface area contributed by atoms with E-state index >= 15 is 0 Å². The van der Waals surface area contributed by atoms with Gasteiger partial charge in [-0.25, -0.2) is 0 Å². The first-order valence-electron chi connectivity index (χ1n) is 7.61. The normalized spacial score (nSPS) is 32.2. The summed E-state index contributed by atoms with van der Waals surface area (Å²) in [6, 6.07) is 4.99. The van der Waals surface area contributed by atoms with Crippen molar-refractivity contribution in [2.75, 3.05) is 0 Å². The highest BCUT2D eigenvalue weighted by Crippen LogP contribution is 2.49. The van der Waals surface area contributed by atoms with Crippen molar-refractivity contribution in [1.29, 1.82) is 0 Å². The van der Waals surface area contributed by atoms with Gasteiger partial charge in [-0.15, -0.1) is 0 Å². The number of imide groups is 1. The second kappa shape index (κ2) is 5.46. The lowest BCUT2D eigenvalue weighted by Crippen LogP contribution is -2.38. The van der Waals surface area contributed by atoms with Crippen LogP contribution in [0.4, 0.5) is 0 Å². The predicted octanol–water partition coefficient (Wildman–Crippen LogP) is 3.52. The standard InChI is InChI=1S/C17H14Cl2N2O2/c18-12-6-5-11(13(19)7-12)8-20-21-16(22)14-9-1-2-10(4-3-9)15(14)17(21)23/h1-2,5-10,14-15H,3-4H2/b20-8-/t9-,10-,14-,15-/m0/s1. The molecule has 0 radical (unpaired) electrons. The minimum atomic E-state index is -0.246. The zero-order valence-electron chi connectivity index (χ0n) is 12.2. The summed E-state index contributed by atoms with van der Waals surface area (Å²) in [5, 5.41) is 6.10. The van der Waals surface area contributed by atoms with E-state index in [1.165, 1.54) is 6.21 Å². The van der Waals surface area contributed by atoms with Crippen molar-refractivity contribution >= 4 is 41.2 Å². The van der Waals surface area contributed by atoms with Crippen LogP contribution in [0.1, 0.15) is 18.4 Å². The second-order valence-electron chi connectivity index (χ2n) is 6.24. The van der Waals surface area contributed by atoms with Crippen LogP contribution in [0.25, 0.3) is 0 Å². The number of hydrogen-bond donors (Lipinski definition) is 0. The Bertz CT molecular complexity index is 727. The monoisotopic (exact) mass is 348 g/mol. The lowest BCUT2D eigenvalue weighted by Gasteiger charge is -2.37. The first-order valence-corrected chi connectivity index (χ1v) is 8.37. The zero-order valence-corrected chi connectivity index (χ0v) is 13.7. The predicted molar refractivity (Wildman–Crippen MR) is 88.2 cm³/mol. The molecule has 23 heavy (non-hydrogen) atoms. The van der Waals surface area contributed by atoms with Crippen LogP contribution in [0.15, 0.2) is 35.5 Å². The van der Waals surface area contributed by atoms with Crippen molar-refractivity contribution < 1.29 is 9.59 Å². The molecule has 1 saturated carbocycles. The molecule has 4 nitrogen and oxygen atoms in total. The maximum absolute atomic E-state index is 12.6. The fourth-order valence-electron chi connectivity index (χ4n) is 3.90. The van der Waals surface area contributed by atoms with E-state index in [2.05, 4.69) is 17.3 Å². The molecule has 1 aromatic carbocycles. The van der Waals surface area contributed by atoms with Crippen molar-refractivity contribution in [2.24, 2.45) is 28.8 Å². The Morgan fingerprint density at radius 2 is 1.65 bits per heavy atom. The van der Waals surface area contributed by atoms with Gasteiger partial charge in [0, 0.05) is 10.6 Å². The quantitative estimate of drug-likeness (QED) is 0.466. The maximum atomic E-state index is 12.6. The number of allylic oxidation sites excluding steroid dienone is 2. The Kier molecular flexibility index (Phi) is 3.54. The van der Waals surface area contributed by atoms with Crippen LogP contribution in [0, 0.1) is 23.7 Å². The van der Waals surface area contributed by atoms with Crippen LogP contribution in [0.2, 0.25) is 10.0 Å². The van der Waals surface area contributed by atoms with Crippen molar-refractivity contribution in [2.45, 2.75) is 12.8 Å². The molecule has 0 N–H and O–H groups in total. The van der Waals surface area contributed by atoms with Gasteiger partial charge in [-0.1, -0.05) is 41.4 Å². The molecule has 5 rings (SSSR count). The number of nitrogens with zero attached hydrogens (tertiary/aromatic N) is 2. The number of fused-ring (bicyclic) bond motifs is 1. The Labute approximate surface area is 143 Å². The molecule has 1 aromatic rings. The summed E-state index contributed by atoms with van der Waals surface area (Å²) in [4.78, 5) is 25.2. The number of carbonyl (C=O) groups excluding carboxylic acids is 2. The van der Waals surface area contributed by atoms with Crippen LogP contribution >= 0.6 is 23.2 Å². The number of carbonyl (C=O) groups is 2. The highest BCUT2D eigenvalue weighted by atomic mass is 35.5. The summed E-state index contributed by atoms with van der Waals surface area (Å²) in [6.45, 7) is 0. The highest BCUT2D eigenvalue weighted by Gasteiger charge is 2.56. The van der Waals surface area contributed by atoms with Gasteiger partial charge in [-0.05, 0) is 36.8 Å². The molecule has 4 atom stereocenters. The Morgan fingerprint density at radius 3 is 2.17 bits per heavy atom. The molecule has 1 saturated heterocycles. The van der Waals surface area contributed by atoms with E-state index in [0.717, 1.165) is 17.9 Å². The summed E-state index contributed by atoms with van der Waals surface area (Å²) in [5.74, 6) is -0.546. The molecule has 2 bridgehead atoms. The fourth-order valence-corrected chi connectivity index (χ4v) is 4.36. The smallest absolute Gasteiger partial charge is 0.254 e. The minimum Gasteiger partial charge on any atom is -0.272 e. The molecular weight excluding hydrogens is 335 g/mol. The first kappa shape index (κ1) is 14.9. The van der Waals surface area contributed by atoms with Crippen molar-refractivity contribution in [3.8, 4) is 0 Å². The molecule has 1 heterocycles. The molecule has 0 spiro atoms. The topological polar surface area (TPSA) is 49.7 Å². The molecule has 4 aliphatic rings. The van der Waals surface area contributed by atoms with Crippen LogP contribution in [-0.2, 0) is 9.59 Å². The number of hydrazone groups is 1. The van der Waals surface area contributed by atoms with E-state index < -0.39 is 0 Å². The van der Waals surface area contributed by atoms with E-state index in [0.29, 0.717) is 15.6 Å². The van der Waals surface area contributed by atoms with Crippen LogP contribution in [0.3, 0.4) is 0 Å². The van der Waals surface area contributed by atoms with Gasteiger partial charge < -0.3 is 0 Å². The molecule has 0 aromatic heterocycles. The molecule has 1 aliphatic heterocycles. The zero-order chi connectivity index (χ0) is 16.1. The van der Waals surface area contributed by atoms with Crippen LogP contribution in [0.5, 0.6) is 0 Å². The lowest BCUT2D eigenvalue weighted by atomic mass is 9.63. The van der Waals surface area contributed by atoms with Gasteiger partial charge in [0.15, 0.2) is 0 Å². The third-order valence-corrected chi connectivity index (χ3v) is 5.57. The molecular formula is C17H14Cl2N2O2. The number of amides is 2. The van der Waals surface area contributed by atoms with Crippen LogP contribution < -0.4 is 0 Å². The summed E-state index contributed by atoms with van der Waals surface area (Å²) in [6.07, 6.45) is 7.57. The van der Waals surface area contributed by atoms with E-state index in [1.54, 1.807) is 18.2 Å². The van der Waals surface area contributed by atoms with Gasteiger partial charge in [-0.2, -0.15) is 10.1 Å². The number of rotatable bonds is 2. The van der Waals surface area contributed by atoms with E-state index in [-0.39, 0.29) is 35.5 Å².